The van der Waals surface area contributed by atoms with Crippen molar-refractivity contribution >= 4 is 15.9 Å². The van der Waals surface area contributed by atoms with Crippen molar-refractivity contribution in [2.75, 3.05) is 6.54 Å². The summed E-state index contributed by atoms with van der Waals surface area (Å²) in [4.78, 5) is 13.4. The van der Waals surface area contributed by atoms with Crippen molar-refractivity contribution in [2.24, 2.45) is 0 Å². The second-order valence-corrected chi connectivity index (χ2v) is 9.48. The van der Waals surface area contributed by atoms with Crippen LogP contribution in [0.4, 0.5) is 0 Å². The number of hydrogen-bond donors (Lipinski definition) is 1. The smallest absolute Gasteiger partial charge is 0.243 e. The molecule has 1 fully saturated rings. The van der Waals surface area contributed by atoms with Gasteiger partial charge in [0.15, 0.2) is 0 Å². The van der Waals surface area contributed by atoms with Crippen molar-refractivity contribution in [1.82, 2.24) is 9.62 Å². The van der Waals surface area contributed by atoms with Crippen LogP contribution in [-0.4, -0.2) is 31.2 Å². The summed E-state index contributed by atoms with van der Waals surface area (Å²) in [7, 11) is -3.69. The Balaban J connectivity index is 1.56. The summed E-state index contributed by atoms with van der Waals surface area (Å²) >= 11 is 0. The topological polar surface area (TPSA) is 66.5 Å². The number of nitrogens with zero attached hydrogens (tertiary/aromatic N) is 1. The molecule has 2 aromatic carbocycles. The zero-order valence-corrected chi connectivity index (χ0v) is 16.7. The lowest BCUT2D eigenvalue weighted by molar-refractivity contribution is -0.126. The number of carbonyl (C=O) groups excluding carboxylic acids is 1. The molecule has 0 radical (unpaired) electrons. The Morgan fingerprint density at radius 2 is 1.68 bits per heavy atom. The summed E-state index contributed by atoms with van der Waals surface area (Å²) in [5.74, 6) is -0.180. The molecule has 5 nitrogen and oxygen atoms in total. The highest BCUT2D eigenvalue weighted by Crippen LogP contribution is 2.31. The predicted octanol–water partition coefficient (Wildman–Crippen LogP) is 3.42. The van der Waals surface area contributed by atoms with Gasteiger partial charge in [0.05, 0.1) is 10.9 Å². The van der Waals surface area contributed by atoms with Gasteiger partial charge >= 0.3 is 0 Å². The van der Waals surface area contributed by atoms with Crippen LogP contribution in [0.15, 0.2) is 59.5 Å². The SMILES string of the molecule is O=C(NC1CCCc2ccccc21)C1CCCCN1S(=O)(=O)c1ccccc1. The second kappa shape index (κ2) is 8.05. The molecule has 1 aliphatic heterocycles. The summed E-state index contributed by atoms with van der Waals surface area (Å²) in [6.45, 7) is 0.385. The van der Waals surface area contributed by atoms with Crippen molar-refractivity contribution in [1.29, 1.82) is 0 Å². The molecule has 2 unspecified atom stereocenters. The molecule has 28 heavy (non-hydrogen) atoms. The predicted molar refractivity (Wildman–Crippen MR) is 108 cm³/mol. The van der Waals surface area contributed by atoms with Gasteiger partial charge in [-0.1, -0.05) is 48.9 Å². The van der Waals surface area contributed by atoms with E-state index in [2.05, 4.69) is 17.4 Å². The summed E-state index contributed by atoms with van der Waals surface area (Å²) < 4.78 is 27.7. The van der Waals surface area contributed by atoms with Gasteiger partial charge in [0.2, 0.25) is 15.9 Å². The maximum Gasteiger partial charge on any atom is 0.243 e. The molecule has 1 aliphatic carbocycles. The van der Waals surface area contributed by atoms with E-state index in [1.54, 1.807) is 30.3 Å². The first-order valence-corrected chi connectivity index (χ1v) is 11.5. The van der Waals surface area contributed by atoms with Crippen LogP contribution in [-0.2, 0) is 21.2 Å². The maximum atomic E-state index is 13.1. The first kappa shape index (κ1) is 19.2. The Morgan fingerprint density at radius 1 is 0.929 bits per heavy atom. The minimum absolute atomic E-state index is 0.0411. The summed E-state index contributed by atoms with van der Waals surface area (Å²) in [5, 5.41) is 3.15. The van der Waals surface area contributed by atoms with Crippen LogP contribution in [0, 0.1) is 0 Å². The number of fused-ring (bicyclic) bond motifs is 1. The normalized spacial score (nSPS) is 23.0. The Morgan fingerprint density at radius 3 is 2.50 bits per heavy atom. The maximum absolute atomic E-state index is 13.1. The molecule has 1 heterocycles. The summed E-state index contributed by atoms with van der Waals surface area (Å²) in [6, 6.07) is 15.9. The van der Waals surface area contributed by atoms with Crippen LogP contribution >= 0.6 is 0 Å². The standard InChI is InChI=1S/C22H26N2O3S/c25-22(23-20-14-8-10-17-9-4-5-13-19(17)20)21-15-6-7-16-24(21)28(26,27)18-11-2-1-3-12-18/h1-5,9,11-13,20-21H,6-8,10,14-16H2,(H,23,25). The number of sulfonamides is 1. The molecule has 1 N–H and O–H groups in total. The second-order valence-electron chi connectivity index (χ2n) is 7.59. The first-order chi connectivity index (χ1) is 13.6. The lowest BCUT2D eigenvalue weighted by Crippen LogP contribution is -2.52. The number of nitrogens with one attached hydrogen (secondary N) is 1. The highest BCUT2D eigenvalue weighted by molar-refractivity contribution is 7.89. The average Bonchev–Trinajstić information content (AvgIpc) is 2.74. The van der Waals surface area contributed by atoms with E-state index in [9.17, 15) is 13.2 Å². The molecule has 2 aromatic rings. The minimum atomic E-state index is -3.69. The first-order valence-electron chi connectivity index (χ1n) is 10.0. The Bertz CT molecular complexity index is 943. The quantitative estimate of drug-likeness (QED) is 0.858. The van der Waals surface area contributed by atoms with Gasteiger partial charge in [-0.3, -0.25) is 4.79 Å². The van der Waals surface area contributed by atoms with Crippen molar-refractivity contribution < 1.29 is 13.2 Å². The molecule has 1 saturated heterocycles. The fourth-order valence-corrected chi connectivity index (χ4v) is 6.03. The number of rotatable bonds is 4. The molecule has 2 atom stereocenters. The van der Waals surface area contributed by atoms with Crippen LogP contribution in [0.2, 0.25) is 0 Å². The Kier molecular flexibility index (Phi) is 5.51. The van der Waals surface area contributed by atoms with Gasteiger partial charge in [-0.05, 0) is 55.4 Å². The number of carbonyl (C=O) groups is 1. The van der Waals surface area contributed by atoms with Crippen molar-refractivity contribution in [3.8, 4) is 0 Å². The fraction of sp³-hybridized carbons (Fsp3) is 0.409. The zero-order valence-electron chi connectivity index (χ0n) is 15.9. The van der Waals surface area contributed by atoms with E-state index >= 15 is 0 Å². The monoisotopic (exact) mass is 398 g/mol. The van der Waals surface area contributed by atoms with Crippen LogP contribution in [0.5, 0.6) is 0 Å². The number of amides is 1. The number of aryl methyl sites for hydroxylation is 1. The molecule has 0 aromatic heterocycles. The van der Waals surface area contributed by atoms with Crippen LogP contribution in [0.3, 0.4) is 0 Å². The zero-order chi connectivity index (χ0) is 19.6. The molecule has 1 amide bonds. The Hall–Kier alpha value is -2.18. The lowest BCUT2D eigenvalue weighted by atomic mass is 9.87. The lowest BCUT2D eigenvalue weighted by Gasteiger charge is -2.35. The van der Waals surface area contributed by atoms with Gasteiger partial charge in [0.1, 0.15) is 6.04 Å². The average molecular weight is 399 g/mol. The molecule has 6 heteroatoms. The Labute approximate surface area is 166 Å². The molecular formula is C22H26N2O3S. The molecule has 0 bridgehead atoms. The van der Waals surface area contributed by atoms with Crippen LogP contribution < -0.4 is 5.32 Å². The fourth-order valence-electron chi connectivity index (χ4n) is 4.35. The van der Waals surface area contributed by atoms with Gasteiger partial charge in [-0.2, -0.15) is 4.31 Å². The number of benzene rings is 2. The van der Waals surface area contributed by atoms with E-state index in [4.69, 9.17) is 0 Å². The largest absolute Gasteiger partial charge is 0.348 e. The van der Waals surface area contributed by atoms with Crippen LogP contribution in [0.25, 0.3) is 0 Å². The van der Waals surface area contributed by atoms with Gasteiger partial charge < -0.3 is 5.32 Å². The number of piperidine rings is 1. The van der Waals surface area contributed by atoms with E-state index in [-0.39, 0.29) is 16.8 Å². The molecule has 148 valence electrons. The molecule has 0 spiro atoms. The number of hydrogen-bond acceptors (Lipinski definition) is 3. The van der Waals surface area contributed by atoms with Crippen LogP contribution in [0.1, 0.15) is 49.3 Å². The van der Waals surface area contributed by atoms with E-state index < -0.39 is 16.1 Å². The minimum Gasteiger partial charge on any atom is -0.348 e. The summed E-state index contributed by atoms with van der Waals surface area (Å²) in [5.41, 5.74) is 2.44. The van der Waals surface area contributed by atoms with Crippen molar-refractivity contribution in [3.63, 3.8) is 0 Å². The van der Waals surface area contributed by atoms with Gasteiger partial charge in [-0.15, -0.1) is 0 Å². The van der Waals surface area contributed by atoms with E-state index in [0.29, 0.717) is 13.0 Å². The third-order valence-electron chi connectivity index (χ3n) is 5.79. The molecule has 4 rings (SSSR count). The molecular weight excluding hydrogens is 372 g/mol. The van der Waals surface area contributed by atoms with Gasteiger partial charge in [0.25, 0.3) is 0 Å². The van der Waals surface area contributed by atoms with E-state index in [1.165, 1.54) is 9.87 Å². The van der Waals surface area contributed by atoms with Gasteiger partial charge in [0, 0.05) is 6.54 Å². The summed E-state index contributed by atoms with van der Waals surface area (Å²) in [6.07, 6.45) is 5.15. The van der Waals surface area contributed by atoms with Crippen molar-refractivity contribution in [2.45, 2.75) is 55.5 Å². The van der Waals surface area contributed by atoms with E-state index in [1.807, 2.05) is 12.1 Å². The molecule has 0 saturated carbocycles. The molecule has 2 aliphatic rings. The van der Waals surface area contributed by atoms with Crippen molar-refractivity contribution in [3.05, 3.63) is 65.7 Å². The highest BCUT2D eigenvalue weighted by atomic mass is 32.2. The van der Waals surface area contributed by atoms with Gasteiger partial charge in [-0.25, -0.2) is 8.42 Å². The highest BCUT2D eigenvalue weighted by Gasteiger charge is 2.38. The third kappa shape index (κ3) is 3.71. The van der Waals surface area contributed by atoms with E-state index in [0.717, 1.165) is 37.7 Å². The third-order valence-corrected chi connectivity index (χ3v) is 7.71.